The Hall–Kier alpha value is -1.62. The van der Waals surface area contributed by atoms with E-state index in [4.69, 9.17) is 17.0 Å². The Labute approximate surface area is 123 Å². The van der Waals surface area contributed by atoms with Crippen LogP contribution >= 0.6 is 12.2 Å². The number of hydrogen-bond donors (Lipinski definition) is 1. The Balaban J connectivity index is 1.81. The van der Waals surface area contributed by atoms with Gasteiger partial charge in [0.15, 0.2) is 10.6 Å². The number of nitrogens with one attached hydrogen (secondary N) is 1. The molecule has 1 aromatic heterocycles. The van der Waals surface area contributed by atoms with Crippen LogP contribution in [0.4, 0.5) is 0 Å². The van der Waals surface area contributed by atoms with Gasteiger partial charge in [-0.2, -0.15) is 5.10 Å². The predicted molar refractivity (Wildman–Crippen MR) is 80.5 cm³/mol. The molecule has 0 atom stereocenters. The fraction of sp³-hybridized carbons (Fsp3) is 0.467. The van der Waals surface area contributed by atoms with Gasteiger partial charge in [-0.15, -0.1) is 0 Å². The van der Waals surface area contributed by atoms with Crippen molar-refractivity contribution in [2.45, 2.75) is 39.2 Å². The topological polar surface area (TPSA) is 42.8 Å². The summed E-state index contributed by atoms with van der Waals surface area (Å²) >= 11 is 5.10. The fourth-order valence-corrected chi connectivity index (χ4v) is 2.95. The van der Waals surface area contributed by atoms with Crippen molar-refractivity contribution in [1.29, 1.82) is 0 Å². The molecule has 0 radical (unpaired) electrons. The van der Waals surface area contributed by atoms with E-state index in [-0.39, 0.29) is 0 Å². The number of fused-ring (bicyclic) bond motifs is 1. The van der Waals surface area contributed by atoms with E-state index in [1.54, 1.807) is 0 Å². The third-order valence-electron chi connectivity index (χ3n) is 4.10. The molecule has 2 aromatic rings. The van der Waals surface area contributed by atoms with Crippen molar-refractivity contribution in [2.75, 3.05) is 0 Å². The lowest BCUT2D eigenvalue weighted by molar-refractivity contribution is 0.288. The Morgan fingerprint density at radius 3 is 2.90 bits per heavy atom. The molecular formula is C15H19N3OS. The van der Waals surface area contributed by atoms with E-state index in [0.29, 0.717) is 11.4 Å². The number of nitrogens with zero attached hydrogens (tertiary/aromatic N) is 2. The first kappa shape index (κ1) is 13.4. The summed E-state index contributed by atoms with van der Waals surface area (Å²) in [6, 6.07) is 4.29. The van der Waals surface area contributed by atoms with Crippen LogP contribution in [0.25, 0.3) is 0 Å². The molecule has 106 valence electrons. The van der Waals surface area contributed by atoms with Gasteiger partial charge < -0.3 is 9.30 Å². The second-order valence-corrected chi connectivity index (χ2v) is 5.71. The standard InChI is InChI=1S/C15H19N3OS/c1-10-12-6-4-3-5-11(12)7-8-13(10)19-9-14-16-17-15(20)18(14)2/h7-8H,3-6,9H2,1-2H3,(H,17,20). The monoisotopic (exact) mass is 289 g/mol. The van der Waals surface area contributed by atoms with Crippen LogP contribution in [0, 0.1) is 11.7 Å². The van der Waals surface area contributed by atoms with E-state index in [9.17, 15) is 0 Å². The highest BCUT2D eigenvalue weighted by atomic mass is 32.1. The maximum Gasteiger partial charge on any atom is 0.194 e. The molecule has 0 unspecified atom stereocenters. The number of ether oxygens (including phenoxy) is 1. The van der Waals surface area contributed by atoms with Crippen molar-refractivity contribution in [2.24, 2.45) is 7.05 Å². The van der Waals surface area contributed by atoms with E-state index >= 15 is 0 Å². The van der Waals surface area contributed by atoms with Gasteiger partial charge in [0, 0.05) is 7.05 Å². The third-order valence-corrected chi connectivity index (χ3v) is 4.46. The SMILES string of the molecule is Cc1c(OCc2n[nH]c(=S)n2C)ccc2c1CCCC2. The van der Waals surface area contributed by atoms with Crippen molar-refractivity contribution < 1.29 is 4.74 Å². The zero-order valence-electron chi connectivity index (χ0n) is 11.9. The molecule has 5 heteroatoms. The lowest BCUT2D eigenvalue weighted by Crippen LogP contribution is -2.08. The van der Waals surface area contributed by atoms with Crippen LogP contribution in [0.15, 0.2) is 12.1 Å². The first-order chi connectivity index (χ1) is 9.66. The second-order valence-electron chi connectivity index (χ2n) is 5.33. The highest BCUT2D eigenvalue weighted by molar-refractivity contribution is 7.71. The number of benzene rings is 1. The number of aryl methyl sites for hydroxylation is 1. The normalized spacial score (nSPS) is 14.1. The van der Waals surface area contributed by atoms with E-state index in [2.05, 4.69) is 29.3 Å². The van der Waals surface area contributed by atoms with Crippen LogP contribution in [0.1, 0.15) is 35.4 Å². The number of hydrogen-bond acceptors (Lipinski definition) is 3. The number of rotatable bonds is 3. The second kappa shape index (κ2) is 5.40. The number of H-pyrrole nitrogens is 1. The van der Waals surface area contributed by atoms with Crippen LogP contribution in [0.3, 0.4) is 0 Å². The lowest BCUT2D eigenvalue weighted by Gasteiger charge is -2.20. The van der Waals surface area contributed by atoms with Crippen molar-refractivity contribution in [3.05, 3.63) is 39.4 Å². The Morgan fingerprint density at radius 2 is 2.15 bits per heavy atom. The largest absolute Gasteiger partial charge is 0.485 e. The highest BCUT2D eigenvalue weighted by Crippen LogP contribution is 2.30. The summed E-state index contributed by atoms with van der Waals surface area (Å²) < 4.78 is 8.39. The van der Waals surface area contributed by atoms with Crippen LogP contribution in [0.5, 0.6) is 5.75 Å². The maximum atomic E-state index is 5.93. The molecule has 0 saturated heterocycles. The molecule has 0 aliphatic heterocycles. The first-order valence-electron chi connectivity index (χ1n) is 7.01. The smallest absolute Gasteiger partial charge is 0.194 e. The van der Waals surface area contributed by atoms with Crippen LogP contribution in [0.2, 0.25) is 0 Å². The van der Waals surface area contributed by atoms with Crippen molar-refractivity contribution in [3.8, 4) is 5.75 Å². The van der Waals surface area contributed by atoms with E-state index < -0.39 is 0 Å². The van der Waals surface area contributed by atoms with Crippen molar-refractivity contribution in [3.63, 3.8) is 0 Å². The summed E-state index contributed by atoms with van der Waals surface area (Å²) in [5.41, 5.74) is 4.24. The molecule has 4 nitrogen and oxygen atoms in total. The van der Waals surface area contributed by atoms with Gasteiger partial charge in [-0.3, -0.25) is 5.10 Å². The Bertz CT molecular complexity index is 687. The van der Waals surface area contributed by atoms with Gasteiger partial charge in [0.05, 0.1) is 0 Å². The molecule has 0 fully saturated rings. The van der Waals surface area contributed by atoms with Crippen LogP contribution in [-0.4, -0.2) is 14.8 Å². The van der Waals surface area contributed by atoms with Gasteiger partial charge in [-0.05, 0) is 67.6 Å². The zero-order valence-corrected chi connectivity index (χ0v) is 12.7. The molecule has 1 aliphatic carbocycles. The van der Waals surface area contributed by atoms with Gasteiger partial charge in [0.1, 0.15) is 12.4 Å². The molecule has 1 aliphatic rings. The molecule has 1 heterocycles. The molecule has 0 amide bonds. The minimum atomic E-state index is 0.434. The van der Waals surface area contributed by atoms with Crippen LogP contribution in [-0.2, 0) is 26.5 Å². The van der Waals surface area contributed by atoms with Gasteiger partial charge in [-0.25, -0.2) is 0 Å². The highest BCUT2D eigenvalue weighted by Gasteiger charge is 2.15. The molecule has 3 rings (SSSR count). The minimum Gasteiger partial charge on any atom is -0.485 e. The summed E-state index contributed by atoms with van der Waals surface area (Å²) in [7, 11) is 1.89. The summed E-state index contributed by atoms with van der Waals surface area (Å²) in [6.07, 6.45) is 4.96. The van der Waals surface area contributed by atoms with Crippen LogP contribution < -0.4 is 4.74 Å². The predicted octanol–water partition coefficient (Wildman–Crippen LogP) is 3.24. The first-order valence-corrected chi connectivity index (χ1v) is 7.42. The summed E-state index contributed by atoms with van der Waals surface area (Å²) in [5, 5.41) is 6.94. The van der Waals surface area contributed by atoms with Gasteiger partial charge in [-0.1, -0.05) is 6.07 Å². The van der Waals surface area contributed by atoms with E-state index in [0.717, 1.165) is 11.6 Å². The molecule has 1 aromatic carbocycles. The molecule has 20 heavy (non-hydrogen) atoms. The molecule has 1 N–H and O–H groups in total. The maximum absolute atomic E-state index is 5.93. The average molecular weight is 289 g/mol. The lowest BCUT2D eigenvalue weighted by atomic mass is 9.88. The third kappa shape index (κ3) is 2.38. The van der Waals surface area contributed by atoms with Crippen molar-refractivity contribution in [1.82, 2.24) is 14.8 Å². The summed E-state index contributed by atoms with van der Waals surface area (Å²) in [5.74, 6) is 1.77. The molecule has 0 spiro atoms. The number of aromatic nitrogens is 3. The van der Waals surface area contributed by atoms with Gasteiger partial charge >= 0.3 is 0 Å². The molecule has 0 saturated carbocycles. The average Bonchev–Trinajstić information content (AvgIpc) is 2.79. The fourth-order valence-electron chi connectivity index (χ4n) is 2.80. The summed E-state index contributed by atoms with van der Waals surface area (Å²) in [4.78, 5) is 0. The number of aromatic amines is 1. The molecule has 0 bridgehead atoms. The Morgan fingerprint density at radius 1 is 1.35 bits per heavy atom. The quantitative estimate of drug-likeness (QED) is 0.882. The van der Waals surface area contributed by atoms with E-state index in [1.165, 1.54) is 42.4 Å². The van der Waals surface area contributed by atoms with Crippen molar-refractivity contribution >= 4 is 12.2 Å². The van der Waals surface area contributed by atoms with E-state index in [1.807, 2.05) is 11.6 Å². The summed E-state index contributed by atoms with van der Waals surface area (Å²) in [6.45, 7) is 2.59. The molecular weight excluding hydrogens is 270 g/mol. The van der Waals surface area contributed by atoms with Gasteiger partial charge in [0.2, 0.25) is 0 Å². The zero-order chi connectivity index (χ0) is 14.1. The Kier molecular flexibility index (Phi) is 3.61. The van der Waals surface area contributed by atoms with Gasteiger partial charge in [0.25, 0.3) is 0 Å². The minimum absolute atomic E-state index is 0.434.